The maximum atomic E-state index is 11.7. The Labute approximate surface area is 99.6 Å². The second kappa shape index (κ2) is 4.48. The minimum absolute atomic E-state index is 0.0149. The summed E-state index contributed by atoms with van der Waals surface area (Å²) < 4.78 is 24.0. The van der Waals surface area contributed by atoms with Crippen LogP contribution in [0.5, 0.6) is 0 Å². The fourth-order valence-corrected chi connectivity index (χ4v) is 3.32. The molecule has 0 unspecified atom stereocenters. The quantitative estimate of drug-likeness (QED) is 0.791. The summed E-state index contributed by atoms with van der Waals surface area (Å²) in [5.41, 5.74) is -0.194. The molecule has 1 aliphatic heterocycles. The van der Waals surface area contributed by atoms with Gasteiger partial charge < -0.3 is 9.88 Å². The van der Waals surface area contributed by atoms with E-state index >= 15 is 0 Å². The maximum Gasteiger partial charge on any atom is 0.293 e. The Morgan fingerprint density at radius 3 is 2.71 bits per heavy atom. The van der Waals surface area contributed by atoms with Gasteiger partial charge in [-0.3, -0.25) is 4.79 Å². The van der Waals surface area contributed by atoms with Crippen molar-refractivity contribution in [1.29, 1.82) is 0 Å². The van der Waals surface area contributed by atoms with Gasteiger partial charge in [0.1, 0.15) is 9.84 Å². The van der Waals surface area contributed by atoms with Crippen LogP contribution < -0.4 is 10.9 Å². The molecule has 1 aromatic rings. The number of aryl methyl sites for hydroxylation is 1. The van der Waals surface area contributed by atoms with Crippen molar-refractivity contribution < 1.29 is 8.42 Å². The van der Waals surface area contributed by atoms with Gasteiger partial charge in [0, 0.05) is 25.5 Å². The van der Waals surface area contributed by atoms with Gasteiger partial charge in [0.15, 0.2) is 5.82 Å². The lowest BCUT2D eigenvalue weighted by molar-refractivity contribution is 0.558. The van der Waals surface area contributed by atoms with E-state index in [2.05, 4.69) is 10.3 Å². The third-order valence-corrected chi connectivity index (χ3v) is 4.63. The fraction of sp³-hybridized carbons (Fsp3) is 0.600. The first-order chi connectivity index (χ1) is 7.98. The zero-order chi connectivity index (χ0) is 12.5. The minimum Gasteiger partial charge on any atom is -0.363 e. The average Bonchev–Trinajstić information content (AvgIpc) is 2.27. The van der Waals surface area contributed by atoms with E-state index in [9.17, 15) is 13.2 Å². The molecule has 0 radical (unpaired) electrons. The first kappa shape index (κ1) is 12.1. The van der Waals surface area contributed by atoms with E-state index < -0.39 is 9.84 Å². The number of sulfone groups is 1. The summed E-state index contributed by atoms with van der Waals surface area (Å²) in [6, 6.07) is 0.0149. The highest BCUT2D eigenvalue weighted by molar-refractivity contribution is 7.91. The second-order valence-electron chi connectivity index (χ2n) is 4.26. The summed E-state index contributed by atoms with van der Waals surface area (Å²) in [6.07, 6.45) is 4.19. The number of nitrogens with one attached hydrogen (secondary N) is 1. The normalized spacial score (nSPS) is 20.1. The summed E-state index contributed by atoms with van der Waals surface area (Å²) in [5, 5.41) is 3.02. The maximum absolute atomic E-state index is 11.7. The molecule has 17 heavy (non-hydrogen) atoms. The fourth-order valence-electron chi connectivity index (χ4n) is 1.82. The molecule has 0 spiro atoms. The van der Waals surface area contributed by atoms with Crippen molar-refractivity contribution in [3.63, 3.8) is 0 Å². The van der Waals surface area contributed by atoms with Crippen molar-refractivity contribution in [2.45, 2.75) is 18.9 Å². The van der Waals surface area contributed by atoms with Gasteiger partial charge >= 0.3 is 0 Å². The summed E-state index contributed by atoms with van der Waals surface area (Å²) >= 11 is 0. The summed E-state index contributed by atoms with van der Waals surface area (Å²) in [4.78, 5) is 15.7. The summed E-state index contributed by atoms with van der Waals surface area (Å²) in [7, 11) is -1.22. The molecule has 1 aromatic heterocycles. The average molecular weight is 257 g/mol. The number of anilines is 1. The highest BCUT2D eigenvalue weighted by Crippen LogP contribution is 2.14. The topological polar surface area (TPSA) is 81.1 Å². The van der Waals surface area contributed by atoms with Crippen molar-refractivity contribution in [1.82, 2.24) is 9.55 Å². The summed E-state index contributed by atoms with van der Waals surface area (Å²) in [5.74, 6) is 0.648. The number of rotatable bonds is 2. The van der Waals surface area contributed by atoms with Crippen molar-refractivity contribution in [3.05, 3.63) is 22.7 Å². The van der Waals surface area contributed by atoms with Gasteiger partial charge in [-0.25, -0.2) is 13.4 Å². The van der Waals surface area contributed by atoms with Crippen LogP contribution in [0.15, 0.2) is 17.2 Å². The molecule has 7 heteroatoms. The molecule has 1 saturated heterocycles. The van der Waals surface area contributed by atoms with Crippen molar-refractivity contribution >= 4 is 15.7 Å². The van der Waals surface area contributed by atoms with Crippen LogP contribution in [-0.4, -0.2) is 35.5 Å². The Morgan fingerprint density at radius 1 is 1.41 bits per heavy atom. The molecule has 0 bridgehead atoms. The second-order valence-corrected chi connectivity index (χ2v) is 6.57. The van der Waals surface area contributed by atoms with Gasteiger partial charge in [-0.05, 0) is 12.8 Å². The van der Waals surface area contributed by atoms with E-state index in [-0.39, 0.29) is 23.1 Å². The third kappa shape index (κ3) is 2.85. The molecule has 1 N–H and O–H groups in total. The molecule has 94 valence electrons. The third-order valence-electron chi connectivity index (χ3n) is 2.91. The highest BCUT2D eigenvalue weighted by atomic mass is 32.2. The number of nitrogens with zero attached hydrogens (tertiary/aromatic N) is 2. The van der Waals surface area contributed by atoms with Gasteiger partial charge in [0.25, 0.3) is 5.56 Å². The van der Waals surface area contributed by atoms with Crippen molar-refractivity contribution in [3.8, 4) is 0 Å². The van der Waals surface area contributed by atoms with E-state index in [4.69, 9.17) is 0 Å². The molecule has 1 aliphatic rings. The zero-order valence-corrected chi connectivity index (χ0v) is 10.4. The monoisotopic (exact) mass is 257 g/mol. The van der Waals surface area contributed by atoms with Gasteiger partial charge in [-0.15, -0.1) is 0 Å². The Bertz CT molecular complexity index is 550. The molecule has 2 heterocycles. The van der Waals surface area contributed by atoms with Crippen LogP contribution in [0.2, 0.25) is 0 Å². The lowest BCUT2D eigenvalue weighted by atomic mass is 10.1. The predicted octanol–water partition coefficient (Wildman–Crippen LogP) is -0.231. The lowest BCUT2D eigenvalue weighted by Gasteiger charge is -2.23. The van der Waals surface area contributed by atoms with Gasteiger partial charge in [-0.1, -0.05) is 0 Å². The van der Waals surface area contributed by atoms with Crippen molar-refractivity contribution in [2.75, 3.05) is 16.8 Å². The highest BCUT2D eigenvalue weighted by Gasteiger charge is 2.24. The van der Waals surface area contributed by atoms with Crippen molar-refractivity contribution in [2.24, 2.45) is 7.05 Å². The molecule has 1 fully saturated rings. The molecule has 0 atom stereocenters. The van der Waals surface area contributed by atoms with E-state index in [0.29, 0.717) is 18.7 Å². The number of hydrogen-bond donors (Lipinski definition) is 1. The van der Waals surface area contributed by atoms with Crippen LogP contribution in [0.1, 0.15) is 12.8 Å². The van der Waals surface area contributed by atoms with Crippen LogP contribution >= 0.6 is 0 Å². The van der Waals surface area contributed by atoms with E-state index in [1.807, 2.05) is 0 Å². The lowest BCUT2D eigenvalue weighted by Crippen LogP contribution is -2.35. The van der Waals surface area contributed by atoms with Crippen LogP contribution in [0.4, 0.5) is 5.82 Å². The molecule has 0 amide bonds. The Morgan fingerprint density at radius 2 is 2.06 bits per heavy atom. The zero-order valence-electron chi connectivity index (χ0n) is 9.59. The molecule has 0 aliphatic carbocycles. The Kier molecular flexibility index (Phi) is 3.19. The smallest absolute Gasteiger partial charge is 0.293 e. The van der Waals surface area contributed by atoms with E-state index in [1.54, 1.807) is 19.4 Å². The first-order valence-electron chi connectivity index (χ1n) is 5.46. The number of aromatic nitrogens is 2. The van der Waals surface area contributed by atoms with Crippen LogP contribution in [0, 0.1) is 0 Å². The van der Waals surface area contributed by atoms with E-state index in [1.165, 1.54) is 4.57 Å². The predicted molar refractivity (Wildman–Crippen MR) is 64.8 cm³/mol. The van der Waals surface area contributed by atoms with Crippen LogP contribution in [0.3, 0.4) is 0 Å². The van der Waals surface area contributed by atoms with Gasteiger partial charge in [0.2, 0.25) is 0 Å². The first-order valence-corrected chi connectivity index (χ1v) is 7.29. The van der Waals surface area contributed by atoms with Gasteiger partial charge in [-0.2, -0.15) is 0 Å². The standard InChI is InChI=1S/C10H15N3O3S/c1-13-5-4-11-9(10(13)14)12-8-2-6-17(15,16)7-3-8/h4-5,8H,2-3,6-7H2,1H3,(H,11,12). The molecule has 6 nitrogen and oxygen atoms in total. The molecule has 2 rings (SSSR count). The molecule has 0 saturated carbocycles. The SMILES string of the molecule is Cn1ccnc(NC2CCS(=O)(=O)CC2)c1=O. The molecule has 0 aromatic carbocycles. The molecular formula is C10H15N3O3S. The van der Waals surface area contributed by atoms with E-state index in [0.717, 1.165) is 0 Å². The van der Waals surface area contributed by atoms with Gasteiger partial charge in [0.05, 0.1) is 11.5 Å². The number of hydrogen-bond acceptors (Lipinski definition) is 5. The largest absolute Gasteiger partial charge is 0.363 e. The van der Waals surface area contributed by atoms with Crippen LogP contribution in [-0.2, 0) is 16.9 Å². The van der Waals surface area contributed by atoms with Crippen LogP contribution in [0.25, 0.3) is 0 Å². The Balaban J connectivity index is 2.08. The summed E-state index contributed by atoms with van der Waals surface area (Å²) in [6.45, 7) is 0. The molecular weight excluding hydrogens is 242 g/mol. The minimum atomic E-state index is -2.87. The Hall–Kier alpha value is -1.37.